The van der Waals surface area contributed by atoms with Gasteiger partial charge in [0, 0.05) is 23.4 Å². The zero-order valence-electron chi connectivity index (χ0n) is 7.32. The Labute approximate surface area is 86.4 Å². The van der Waals surface area contributed by atoms with Gasteiger partial charge in [-0.2, -0.15) is 0 Å². The number of hydrogen-bond acceptors (Lipinski definition) is 3. The van der Waals surface area contributed by atoms with Gasteiger partial charge in [0.2, 0.25) is 0 Å². The van der Waals surface area contributed by atoms with E-state index in [1.807, 2.05) is 18.3 Å². The number of nitrogens with one attached hydrogen (secondary N) is 1. The van der Waals surface area contributed by atoms with E-state index in [0.717, 1.165) is 16.3 Å². The molecule has 3 rings (SSSR count). The maximum atomic E-state index is 4.05. The molecule has 3 heteroatoms. The molecule has 0 atom stereocenters. The molecule has 1 N–H and O–H groups in total. The predicted octanol–water partition coefficient (Wildman–Crippen LogP) is 3.09. The molecule has 0 aliphatic carbocycles. The second-order valence-corrected chi connectivity index (χ2v) is 4.10. The van der Waals surface area contributed by atoms with Crippen LogP contribution in [0.25, 0.3) is 0 Å². The van der Waals surface area contributed by atoms with E-state index in [9.17, 15) is 0 Å². The molecule has 0 fully saturated rings. The number of benzene rings is 1. The summed E-state index contributed by atoms with van der Waals surface area (Å²) >= 11 is 1.73. The largest absolute Gasteiger partial charge is 0.353 e. The first kappa shape index (κ1) is 7.88. The Hall–Kier alpha value is -1.48. The number of nitrogens with zero attached hydrogens (tertiary/aromatic N) is 1. The van der Waals surface area contributed by atoms with Crippen LogP contribution < -0.4 is 5.32 Å². The van der Waals surface area contributed by atoms with Crippen LogP contribution in [0.4, 0.5) is 11.4 Å². The standard InChI is InChI=1S/C11H7N2S/c1-2-4-10-8(3-1)13-9-5-6-12-7-11(9)14-10/h1-4,6-7,13H. The predicted molar refractivity (Wildman–Crippen MR) is 56.9 cm³/mol. The van der Waals surface area contributed by atoms with Crippen LogP contribution in [0.15, 0.2) is 46.5 Å². The molecule has 1 aliphatic heterocycles. The third-order valence-electron chi connectivity index (χ3n) is 2.09. The second-order valence-electron chi connectivity index (χ2n) is 3.01. The van der Waals surface area contributed by atoms with E-state index in [-0.39, 0.29) is 0 Å². The lowest BCUT2D eigenvalue weighted by atomic mass is 10.3. The van der Waals surface area contributed by atoms with Crippen LogP contribution in [0.5, 0.6) is 0 Å². The SMILES string of the molecule is [c]1cncc2c1Nc1ccccc1S2. The lowest BCUT2D eigenvalue weighted by Gasteiger charge is -2.19. The smallest absolute Gasteiger partial charge is 0.0638 e. The van der Waals surface area contributed by atoms with Crippen molar-refractivity contribution >= 4 is 23.1 Å². The summed E-state index contributed by atoms with van der Waals surface area (Å²) in [4.78, 5) is 6.42. The Balaban J connectivity index is 2.12. The lowest BCUT2D eigenvalue weighted by Crippen LogP contribution is -1.99. The van der Waals surface area contributed by atoms with E-state index in [0.29, 0.717) is 0 Å². The summed E-state index contributed by atoms with van der Waals surface area (Å²) in [5.74, 6) is 0. The fourth-order valence-electron chi connectivity index (χ4n) is 1.43. The van der Waals surface area contributed by atoms with Gasteiger partial charge in [0.25, 0.3) is 0 Å². The zero-order chi connectivity index (χ0) is 9.38. The Morgan fingerprint density at radius 3 is 3.14 bits per heavy atom. The van der Waals surface area contributed by atoms with E-state index >= 15 is 0 Å². The van der Waals surface area contributed by atoms with Gasteiger partial charge in [-0.3, -0.25) is 4.98 Å². The summed E-state index contributed by atoms with van der Waals surface area (Å²) in [6.45, 7) is 0. The van der Waals surface area contributed by atoms with Gasteiger partial charge in [-0.05, 0) is 12.1 Å². The molecule has 1 radical (unpaired) electrons. The second kappa shape index (κ2) is 3.03. The normalized spacial score (nSPS) is 12.6. The minimum absolute atomic E-state index is 1.02. The molecule has 67 valence electrons. The third-order valence-corrected chi connectivity index (χ3v) is 3.19. The highest BCUT2D eigenvalue weighted by Crippen LogP contribution is 2.42. The number of pyridine rings is 1. The summed E-state index contributed by atoms with van der Waals surface area (Å²) < 4.78 is 0. The van der Waals surface area contributed by atoms with Crippen molar-refractivity contribution in [3.05, 3.63) is 42.7 Å². The van der Waals surface area contributed by atoms with E-state index < -0.39 is 0 Å². The molecule has 0 unspecified atom stereocenters. The van der Waals surface area contributed by atoms with Crippen LogP contribution in [0.1, 0.15) is 0 Å². The van der Waals surface area contributed by atoms with Gasteiger partial charge in [0.05, 0.1) is 16.3 Å². The molecule has 1 aromatic heterocycles. The van der Waals surface area contributed by atoms with Gasteiger partial charge in [0.15, 0.2) is 0 Å². The van der Waals surface area contributed by atoms with Crippen LogP contribution in [0, 0.1) is 6.07 Å². The summed E-state index contributed by atoms with van der Waals surface area (Å²) in [7, 11) is 0. The summed E-state index contributed by atoms with van der Waals surface area (Å²) in [5.41, 5.74) is 2.16. The van der Waals surface area contributed by atoms with Gasteiger partial charge in [0.1, 0.15) is 0 Å². The first-order valence-corrected chi connectivity index (χ1v) is 5.15. The number of hydrogen-bond donors (Lipinski definition) is 1. The Kier molecular flexibility index (Phi) is 1.70. The third kappa shape index (κ3) is 1.17. The molecule has 2 nitrogen and oxygen atoms in total. The van der Waals surface area contributed by atoms with E-state index in [4.69, 9.17) is 0 Å². The van der Waals surface area contributed by atoms with Crippen molar-refractivity contribution in [3.63, 3.8) is 0 Å². The molecule has 14 heavy (non-hydrogen) atoms. The van der Waals surface area contributed by atoms with Gasteiger partial charge < -0.3 is 5.32 Å². The molecule has 0 saturated heterocycles. The first-order chi connectivity index (χ1) is 6.93. The van der Waals surface area contributed by atoms with Gasteiger partial charge in [-0.15, -0.1) is 0 Å². The highest BCUT2D eigenvalue weighted by molar-refractivity contribution is 7.99. The zero-order valence-corrected chi connectivity index (χ0v) is 8.14. The summed E-state index contributed by atoms with van der Waals surface area (Å²) in [6, 6.07) is 11.3. The van der Waals surface area contributed by atoms with Crippen molar-refractivity contribution in [1.82, 2.24) is 4.98 Å². The molecule has 1 aliphatic rings. The molecule has 0 saturated carbocycles. The minimum atomic E-state index is 1.02. The van der Waals surface area contributed by atoms with Crippen molar-refractivity contribution in [3.8, 4) is 0 Å². The van der Waals surface area contributed by atoms with Crippen molar-refractivity contribution < 1.29 is 0 Å². The summed E-state index contributed by atoms with van der Waals surface area (Å²) in [5, 5.41) is 3.32. The lowest BCUT2D eigenvalue weighted by molar-refractivity contribution is 1.20. The van der Waals surface area contributed by atoms with E-state index in [1.165, 1.54) is 4.90 Å². The van der Waals surface area contributed by atoms with Gasteiger partial charge in [-0.1, -0.05) is 23.9 Å². The van der Waals surface area contributed by atoms with Crippen molar-refractivity contribution in [2.75, 3.05) is 5.32 Å². The van der Waals surface area contributed by atoms with Gasteiger partial charge in [-0.25, -0.2) is 0 Å². The number of rotatable bonds is 0. The van der Waals surface area contributed by atoms with E-state index in [1.54, 1.807) is 18.0 Å². The average Bonchev–Trinajstić information content (AvgIpc) is 2.26. The van der Waals surface area contributed by atoms with Crippen molar-refractivity contribution in [2.24, 2.45) is 0 Å². The molecule has 0 amide bonds. The van der Waals surface area contributed by atoms with Crippen molar-refractivity contribution in [1.29, 1.82) is 0 Å². The Morgan fingerprint density at radius 2 is 2.14 bits per heavy atom. The fourth-order valence-corrected chi connectivity index (χ4v) is 2.37. The van der Waals surface area contributed by atoms with Crippen molar-refractivity contribution in [2.45, 2.75) is 9.79 Å². The van der Waals surface area contributed by atoms with Crippen LogP contribution in [0.3, 0.4) is 0 Å². The highest BCUT2D eigenvalue weighted by atomic mass is 32.2. The number of aromatic nitrogens is 1. The Bertz CT molecular complexity index is 395. The number of anilines is 2. The fraction of sp³-hybridized carbons (Fsp3) is 0. The van der Waals surface area contributed by atoms with Gasteiger partial charge >= 0.3 is 0 Å². The number of para-hydroxylation sites is 1. The number of fused-ring (bicyclic) bond motifs is 2. The molecular weight excluding hydrogens is 192 g/mol. The molecule has 2 heterocycles. The van der Waals surface area contributed by atoms with Crippen LogP contribution in [-0.4, -0.2) is 4.98 Å². The molecule has 1 aromatic carbocycles. The summed E-state index contributed by atoms with van der Waals surface area (Å²) in [6.07, 6.45) is 3.54. The van der Waals surface area contributed by atoms with E-state index in [2.05, 4.69) is 28.5 Å². The Morgan fingerprint density at radius 1 is 1.21 bits per heavy atom. The quantitative estimate of drug-likeness (QED) is 0.602. The minimum Gasteiger partial charge on any atom is -0.353 e. The van der Waals surface area contributed by atoms with Crippen LogP contribution in [-0.2, 0) is 0 Å². The molecule has 0 bridgehead atoms. The highest BCUT2D eigenvalue weighted by Gasteiger charge is 2.14. The molecular formula is C11H7N2S. The monoisotopic (exact) mass is 199 g/mol. The molecule has 2 aromatic rings. The topological polar surface area (TPSA) is 24.9 Å². The average molecular weight is 199 g/mol. The maximum Gasteiger partial charge on any atom is 0.0638 e. The maximum absolute atomic E-state index is 4.05. The first-order valence-electron chi connectivity index (χ1n) is 4.33. The van der Waals surface area contributed by atoms with Crippen LogP contribution in [0.2, 0.25) is 0 Å². The van der Waals surface area contributed by atoms with Crippen LogP contribution >= 0.6 is 11.8 Å². The molecule has 0 spiro atoms.